The molecule has 0 bridgehead atoms. The van der Waals surface area contributed by atoms with Crippen LogP contribution in [0.15, 0.2) is 256 Å². The molecule has 0 atom stereocenters. The Morgan fingerprint density at radius 1 is 0.291 bits per heavy atom. The van der Waals surface area contributed by atoms with E-state index in [0.29, 0.717) is 51.3 Å². The van der Waals surface area contributed by atoms with E-state index in [0.717, 1.165) is 253 Å². The molecule has 6 aliphatic heterocycles. The van der Waals surface area contributed by atoms with E-state index >= 15 is 0 Å². The first-order valence-electron chi connectivity index (χ1n) is 48.8. The maximum atomic E-state index is 13.1. The Balaban J connectivity index is 0.000000116. The van der Waals surface area contributed by atoms with Crippen LogP contribution in [-0.2, 0) is 39.3 Å². The Hall–Kier alpha value is -15.4. The summed E-state index contributed by atoms with van der Waals surface area (Å²) in [5, 5.41) is 53.5. The predicted molar refractivity (Wildman–Crippen MR) is 546 cm³/mol. The van der Waals surface area contributed by atoms with E-state index in [-0.39, 0.29) is 29.7 Å². The normalized spacial score (nSPS) is 15.5. The number of piperidine rings is 2. The van der Waals surface area contributed by atoms with E-state index in [1.54, 1.807) is 49.6 Å². The molecule has 17 aromatic rings. The second-order valence-electron chi connectivity index (χ2n) is 37.0. The fourth-order valence-electron chi connectivity index (χ4n) is 18.8. The third kappa shape index (κ3) is 23.9. The zero-order chi connectivity index (χ0) is 95.6. The largest absolute Gasteiger partial charge is 0.456 e. The molecule has 23 rings (SSSR count). The Morgan fingerprint density at radius 2 is 0.617 bits per heavy atom. The molecule has 4 amide bonds. The van der Waals surface area contributed by atoms with Crippen LogP contribution in [0.5, 0.6) is 11.5 Å². The van der Waals surface area contributed by atoms with Gasteiger partial charge in [0.1, 0.15) is 11.5 Å². The van der Waals surface area contributed by atoms with E-state index in [1.165, 1.54) is 69.8 Å². The van der Waals surface area contributed by atoms with Crippen LogP contribution >= 0.6 is 0 Å². The monoisotopic (exact) mass is 1880 g/mol. The van der Waals surface area contributed by atoms with Crippen LogP contribution in [0.25, 0.3) is 88.1 Å². The lowest BCUT2D eigenvalue weighted by Crippen LogP contribution is -2.36. The summed E-state index contributed by atoms with van der Waals surface area (Å²) in [6, 6.07) is 58.9. The smallest absolute Gasteiger partial charge is 0.276 e. The van der Waals surface area contributed by atoms with Crippen molar-refractivity contribution in [3.8, 4) is 56.0 Å². The van der Waals surface area contributed by atoms with Crippen molar-refractivity contribution in [2.24, 2.45) is 0 Å². The first kappa shape index (κ1) is 93.2. The molecule has 5 aromatic carbocycles. The van der Waals surface area contributed by atoms with Gasteiger partial charge >= 0.3 is 0 Å². The molecule has 32 nitrogen and oxygen atoms in total. The number of ether oxygens (including phenoxy) is 1. The molecule has 12 aromatic heterocycles. The van der Waals surface area contributed by atoms with Gasteiger partial charge in [-0.05, 0) is 303 Å². The van der Waals surface area contributed by atoms with Crippen molar-refractivity contribution in [2.45, 2.75) is 122 Å². The van der Waals surface area contributed by atoms with Crippen LogP contribution in [0, 0.1) is 0 Å². The fraction of sp³-hybridized carbons (Fsp3) is 0.284. The molecule has 714 valence electrons. The van der Waals surface area contributed by atoms with E-state index < -0.39 is 0 Å². The maximum absolute atomic E-state index is 13.1. The van der Waals surface area contributed by atoms with Crippen molar-refractivity contribution in [1.82, 2.24) is 110 Å². The summed E-state index contributed by atoms with van der Waals surface area (Å²) in [5.74, 6) is 0.282. The molecule has 18 heterocycles. The third-order valence-corrected chi connectivity index (χ3v) is 26.6. The number of H-pyrrole nitrogens is 4. The summed E-state index contributed by atoms with van der Waals surface area (Å²) in [4.78, 5) is 102. The second-order valence-corrected chi connectivity index (χ2v) is 37.0. The van der Waals surface area contributed by atoms with Crippen molar-refractivity contribution in [3.63, 3.8) is 0 Å². The number of carbonyl (C=O) groups excluding carboxylic acids is 4. The number of para-hydroxylation sites is 1. The minimum Gasteiger partial charge on any atom is -0.456 e. The Morgan fingerprint density at radius 3 is 0.957 bits per heavy atom. The Kier molecular flexibility index (Phi) is 29.5. The molecule has 6 aliphatic rings. The van der Waals surface area contributed by atoms with Gasteiger partial charge < -0.3 is 31.1 Å². The quantitative estimate of drug-likeness (QED) is 0.0243. The number of rotatable bonds is 26. The number of aliphatic hydroxyl groups excluding tert-OH is 1. The van der Waals surface area contributed by atoms with Crippen molar-refractivity contribution < 1.29 is 29.0 Å². The minimum atomic E-state index is -0.295. The van der Waals surface area contributed by atoms with E-state index in [4.69, 9.17) is 4.74 Å². The number of nitrogens with one attached hydrogen (secondary N) is 8. The number of fused-ring (bicyclic) bond motifs is 4. The van der Waals surface area contributed by atoms with Gasteiger partial charge in [0.05, 0.1) is 105 Å². The van der Waals surface area contributed by atoms with E-state index in [2.05, 4.69) is 143 Å². The molecule has 0 radical (unpaired) electrons. The van der Waals surface area contributed by atoms with Crippen LogP contribution in [0.4, 0.5) is 22.7 Å². The molecule has 0 aliphatic carbocycles. The van der Waals surface area contributed by atoms with Gasteiger partial charge in [-0.15, -0.1) is 0 Å². The highest BCUT2D eigenvalue weighted by molar-refractivity contribution is 6.14. The molecule has 0 unspecified atom stereocenters. The maximum Gasteiger partial charge on any atom is 0.276 e. The summed E-state index contributed by atoms with van der Waals surface area (Å²) < 4.78 is 5.93. The molecular formula is C109H112N26O6. The highest BCUT2D eigenvalue weighted by atomic mass is 16.5. The van der Waals surface area contributed by atoms with Gasteiger partial charge in [-0.3, -0.25) is 109 Å². The number of aromatic amines is 4. The van der Waals surface area contributed by atoms with Gasteiger partial charge in [0.25, 0.3) is 23.6 Å². The third-order valence-electron chi connectivity index (χ3n) is 26.6. The van der Waals surface area contributed by atoms with Crippen molar-refractivity contribution in [1.29, 1.82) is 0 Å². The second kappa shape index (κ2) is 44.6. The average Bonchev–Trinajstić information content (AvgIpc) is 1.67. The van der Waals surface area contributed by atoms with Crippen LogP contribution in [-0.4, -0.2) is 223 Å². The number of hydrogen-bond donors (Lipinski definition) is 9. The summed E-state index contributed by atoms with van der Waals surface area (Å²) >= 11 is 0. The summed E-state index contributed by atoms with van der Waals surface area (Å²) in [6.07, 6.45) is 35.5. The van der Waals surface area contributed by atoms with Crippen LogP contribution in [0.3, 0.4) is 0 Å². The van der Waals surface area contributed by atoms with Crippen LogP contribution < -0.4 is 26.0 Å². The van der Waals surface area contributed by atoms with Gasteiger partial charge in [0.2, 0.25) is 0 Å². The van der Waals surface area contributed by atoms with Crippen LogP contribution in [0.2, 0.25) is 0 Å². The molecule has 9 N–H and O–H groups in total. The topological polar surface area (TPSA) is 383 Å². The van der Waals surface area contributed by atoms with Crippen molar-refractivity contribution in [2.75, 3.05) is 99.8 Å². The van der Waals surface area contributed by atoms with E-state index in [1.807, 2.05) is 195 Å². The molecule has 32 heteroatoms. The number of anilines is 4. The molecule has 141 heavy (non-hydrogen) atoms. The number of carbonyl (C=O) groups is 4. The molecular weight excluding hydrogens is 1770 g/mol. The van der Waals surface area contributed by atoms with Gasteiger partial charge in [-0.2, -0.15) is 20.4 Å². The average molecular weight is 1880 g/mol. The fourth-order valence-corrected chi connectivity index (χ4v) is 18.8. The lowest BCUT2D eigenvalue weighted by molar-refractivity contribution is 0.0792. The Labute approximate surface area is 815 Å². The zero-order valence-corrected chi connectivity index (χ0v) is 78.6. The highest BCUT2D eigenvalue weighted by Gasteiger charge is 2.26. The number of aliphatic hydroxyl groups is 1. The van der Waals surface area contributed by atoms with Gasteiger partial charge in [0, 0.05) is 140 Å². The zero-order valence-electron chi connectivity index (χ0n) is 78.6. The SMILES string of the molecule is O=C(Nc1ccc(CN2CCCC2)nc1)c1n[nH]c2ccc(-c3cncc(CN4CCC(O)CC4)c3)cc12.O=C(Nc1ccc(CN2CCCC2)nc1)c1n[nH]c2ccc(-c3cncc(CN4CCC4)c3)cc12.O=C(Nc1ccc(CN2CCCC2)nc1)c1n[nH]c2ccc(-c3cncc(Oc4ccccc4)c3)cc12.O=C(Nc1ccc(CN2CCCCC2)nc1)c1n[nH]c2ccc(-c3cccnc3)cc12. The number of likely N-dealkylation sites (tertiary alicyclic amines) is 6. The van der Waals surface area contributed by atoms with Crippen LogP contribution in [0.1, 0.15) is 153 Å². The van der Waals surface area contributed by atoms with Gasteiger partial charge in [-0.1, -0.05) is 55.0 Å². The van der Waals surface area contributed by atoms with E-state index in [9.17, 15) is 24.3 Å². The number of aromatic nitrogens is 16. The summed E-state index contributed by atoms with van der Waals surface area (Å²) in [5.41, 5.74) is 21.4. The number of nitrogens with zero attached hydrogens (tertiary/aromatic N) is 18. The number of hydrogen-bond acceptors (Lipinski definition) is 24. The molecule has 0 spiro atoms. The highest BCUT2D eigenvalue weighted by Crippen LogP contribution is 2.35. The number of benzene rings is 5. The van der Waals surface area contributed by atoms with Crippen molar-refractivity contribution in [3.05, 3.63) is 313 Å². The molecule has 0 saturated carbocycles. The molecule has 6 saturated heterocycles. The lowest BCUT2D eigenvalue weighted by Gasteiger charge is -2.30. The van der Waals surface area contributed by atoms with Gasteiger partial charge in [-0.25, -0.2) is 0 Å². The first-order valence-corrected chi connectivity index (χ1v) is 48.8. The molecule has 6 fully saturated rings. The van der Waals surface area contributed by atoms with Gasteiger partial charge in [0.15, 0.2) is 22.8 Å². The summed E-state index contributed by atoms with van der Waals surface area (Å²) in [6.45, 7) is 18.2. The Bertz CT molecular complexity index is 7150. The number of amides is 4. The predicted octanol–water partition coefficient (Wildman–Crippen LogP) is 17.8. The van der Waals surface area contributed by atoms with Crippen molar-refractivity contribution >= 4 is 90.0 Å². The lowest BCUT2D eigenvalue weighted by atomic mass is 10.0. The first-order chi connectivity index (χ1) is 69.3. The standard InChI is InChI=1S/C29H33N7O2.C29H26N6O2.C27H29N7O.C24H24N6O/c37-25-7-11-36(12-8-25)18-20-13-22(16-30-15-20)21-3-6-27-26(14-21)28(34-33-27)29(38)32-23-4-5-24(31-17-23)19-35-9-1-2-10-35;36-29(32-22-9-10-23(31-17-22)19-35-12-4-5-13-35)28-26-15-20(8-11-27(26)33-34-28)21-14-25(18-30-16-21)37-24-6-2-1-3-7-24;35-27(30-22-5-6-23(29-16-22)18-34-8-1-2-9-34)26-24-13-20(4-7-25(24)31-32-26)21-12-19(14-28-15-21)17-33-10-3-11-33;31-24(27-19-7-8-20(26-15-19)16-30-11-2-1-3-12-30)23-21-13-17(6-9-22(21)28-29-23)18-5-4-10-25-14-18/h3-6,13-17,25,37H,1-2,7-12,18-19H2,(H,32,38)(H,33,34);1-3,6-11,14-18H,4-5,12-13,19H2,(H,32,36)(H,33,34);4-7,12-16H,1-3,8-11,17-18H2,(H,30,35)(H,31,32);4-10,13-15H,1-3,11-12,16H2,(H,27,31)(H,28,29). The minimum absolute atomic E-state index is 0.181. The number of pyridine rings is 8. The summed E-state index contributed by atoms with van der Waals surface area (Å²) in [7, 11) is 0.